The number of hydrogen-bond donors (Lipinski definition) is 2. The lowest BCUT2D eigenvalue weighted by atomic mass is 9.99. The van der Waals surface area contributed by atoms with Crippen LogP contribution in [0.5, 0.6) is 0 Å². The van der Waals surface area contributed by atoms with E-state index in [0.717, 1.165) is 76.3 Å². The predicted molar refractivity (Wildman–Crippen MR) is 126 cm³/mol. The maximum absolute atomic E-state index is 6.07. The van der Waals surface area contributed by atoms with Gasteiger partial charge in [0.1, 0.15) is 6.10 Å². The molecule has 1 unspecified atom stereocenters. The molecule has 5 rings (SSSR count). The van der Waals surface area contributed by atoms with Gasteiger partial charge < -0.3 is 19.7 Å². The molecule has 10 nitrogen and oxygen atoms in total. The highest BCUT2D eigenvalue weighted by Gasteiger charge is 2.34. The number of ether oxygens (including phenoxy) is 2. The maximum Gasteiger partial charge on any atom is 0.194 e. The van der Waals surface area contributed by atoms with Gasteiger partial charge in [-0.3, -0.25) is 14.7 Å². The number of aliphatic imine (C=N–C) groups is 1. The first-order chi connectivity index (χ1) is 15.3. The molecule has 0 radical (unpaired) electrons. The van der Waals surface area contributed by atoms with Gasteiger partial charge in [-0.15, -0.1) is 17.0 Å². The molecule has 176 valence electrons. The zero-order chi connectivity index (χ0) is 21.0. The van der Waals surface area contributed by atoms with Crippen molar-refractivity contribution in [2.24, 2.45) is 18.0 Å². The van der Waals surface area contributed by atoms with Crippen molar-refractivity contribution in [3.8, 4) is 0 Å². The molecule has 2 N–H and O–H groups in total. The SMILES string of the molecule is Br.Cn1nccc1[C@@H]1OCC[C@H]1CNC(=NCc1ccn[nH]1)N1CCN2CCOCC2C1. The summed E-state index contributed by atoms with van der Waals surface area (Å²) in [4.78, 5) is 9.85. The number of aromatic amines is 1. The van der Waals surface area contributed by atoms with Crippen LogP contribution in [0.4, 0.5) is 0 Å². The van der Waals surface area contributed by atoms with Gasteiger partial charge in [0.2, 0.25) is 0 Å². The minimum Gasteiger partial charge on any atom is -0.378 e. The smallest absolute Gasteiger partial charge is 0.194 e. The third kappa shape index (κ3) is 5.16. The van der Waals surface area contributed by atoms with Crippen LogP contribution in [-0.4, -0.2) is 94.3 Å². The second-order valence-corrected chi connectivity index (χ2v) is 8.53. The average molecular weight is 509 g/mol. The molecule has 5 heterocycles. The van der Waals surface area contributed by atoms with E-state index in [4.69, 9.17) is 14.5 Å². The van der Waals surface area contributed by atoms with Gasteiger partial charge in [-0.2, -0.15) is 10.2 Å². The first-order valence-corrected chi connectivity index (χ1v) is 11.2. The van der Waals surface area contributed by atoms with Crippen molar-refractivity contribution in [2.75, 3.05) is 52.5 Å². The van der Waals surface area contributed by atoms with Gasteiger partial charge >= 0.3 is 0 Å². The Morgan fingerprint density at radius 2 is 2.19 bits per heavy atom. The number of fused-ring (bicyclic) bond motifs is 1. The van der Waals surface area contributed by atoms with Gasteiger partial charge in [0.25, 0.3) is 0 Å². The van der Waals surface area contributed by atoms with Crippen molar-refractivity contribution in [1.82, 2.24) is 35.1 Å². The van der Waals surface area contributed by atoms with Gasteiger partial charge in [-0.1, -0.05) is 0 Å². The molecule has 0 aliphatic carbocycles. The molecule has 3 aliphatic heterocycles. The molecule has 2 aromatic heterocycles. The number of halogens is 1. The molecule has 2 aromatic rings. The van der Waals surface area contributed by atoms with Crippen molar-refractivity contribution in [2.45, 2.75) is 25.1 Å². The van der Waals surface area contributed by atoms with Crippen LogP contribution in [0, 0.1) is 5.92 Å². The Bertz CT molecular complexity index is 873. The number of piperazine rings is 1. The Morgan fingerprint density at radius 1 is 1.25 bits per heavy atom. The second-order valence-electron chi connectivity index (χ2n) is 8.53. The van der Waals surface area contributed by atoms with E-state index in [2.05, 4.69) is 36.5 Å². The second kappa shape index (κ2) is 10.8. The van der Waals surface area contributed by atoms with Crippen molar-refractivity contribution in [3.63, 3.8) is 0 Å². The van der Waals surface area contributed by atoms with E-state index < -0.39 is 0 Å². The third-order valence-electron chi connectivity index (χ3n) is 6.58. The number of nitrogens with one attached hydrogen (secondary N) is 2. The summed E-state index contributed by atoms with van der Waals surface area (Å²) in [6, 6.07) is 4.45. The Kier molecular flexibility index (Phi) is 7.82. The van der Waals surface area contributed by atoms with Crippen LogP contribution in [0.1, 0.15) is 23.9 Å². The summed E-state index contributed by atoms with van der Waals surface area (Å²) >= 11 is 0. The van der Waals surface area contributed by atoms with E-state index in [1.165, 1.54) is 0 Å². The summed E-state index contributed by atoms with van der Waals surface area (Å²) in [6.07, 6.45) is 4.70. The minimum atomic E-state index is 0. The van der Waals surface area contributed by atoms with E-state index in [0.29, 0.717) is 18.5 Å². The van der Waals surface area contributed by atoms with Crippen LogP contribution in [-0.2, 0) is 23.1 Å². The fraction of sp³-hybridized carbons (Fsp3) is 0.667. The van der Waals surface area contributed by atoms with Gasteiger partial charge in [-0.25, -0.2) is 4.99 Å². The Morgan fingerprint density at radius 3 is 3.00 bits per heavy atom. The van der Waals surface area contributed by atoms with Crippen LogP contribution in [0.3, 0.4) is 0 Å². The summed E-state index contributed by atoms with van der Waals surface area (Å²) in [5.41, 5.74) is 2.14. The topological polar surface area (TPSA) is 95.8 Å². The molecule has 3 aliphatic rings. The summed E-state index contributed by atoms with van der Waals surface area (Å²) in [6.45, 7) is 7.78. The Hall–Kier alpha value is -1.95. The molecular weight excluding hydrogens is 476 g/mol. The third-order valence-corrected chi connectivity index (χ3v) is 6.58. The minimum absolute atomic E-state index is 0. The van der Waals surface area contributed by atoms with Crippen molar-refractivity contribution in [3.05, 3.63) is 35.9 Å². The molecule has 3 saturated heterocycles. The lowest BCUT2D eigenvalue weighted by molar-refractivity contribution is -0.0332. The van der Waals surface area contributed by atoms with Gasteiger partial charge in [0, 0.05) is 64.7 Å². The molecule has 0 aromatic carbocycles. The number of aryl methyl sites for hydroxylation is 1. The Labute approximate surface area is 199 Å². The Balaban J connectivity index is 0.00000245. The number of morpholine rings is 1. The standard InChI is InChI=1S/C21H32N8O2.BrH/c1-27-19(3-6-25-27)20-16(4-10-31-20)12-22-21(23-13-17-2-5-24-26-17)29-8-7-28-9-11-30-15-18(28)14-29;/h2-3,5-6,16,18,20H,4,7-15H2,1H3,(H,22,23)(H,24,26);1H/t16-,18?,20+;/m0./s1. The zero-order valence-electron chi connectivity index (χ0n) is 18.5. The van der Waals surface area contributed by atoms with E-state index >= 15 is 0 Å². The highest BCUT2D eigenvalue weighted by Crippen LogP contribution is 2.33. The predicted octanol–water partition coefficient (Wildman–Crippen LogP) is 0.961. The molecule has 0 saturated carbocycles. The first kappa shape index (κ1) is 23.2. The normalized spacial score (nSPS) is 26.6. The van der Waals surface area contributed by atoms with E-state index in [1.54, 1.807) is 6.20 Å². The number of H-pyrrole nitrogens is 1. The van der Waals surface area contributed by atoms with Crippen LogP contribution in [0.2, 0.25) is 0 Å². The average Bonchev–Trinajstić information content (AvgIpc) is 3.55. The van der Waals surface area contributed by atoms with Crippen LogP contribution < -0.4 is 5.32 Å². The van der Waals surface area contributed by atoms with Crippen LogP contribution >= 0.6 is 17.0 Å². The zero-order valence-corrected chi connectivity index (χ0v) is 20.2. The number of rotatable bonds is 5. The first-order valence-electron chi connectivity index (χ1n) is 11.2. The molecule has 0 bridgehead atoms. The molecule has 11 heteroatoms. The highest BCUT2D eigenvalue weighted by molar-refractivity contribution is 8.93. The van der Waals surface area contributed by atoms with Gasteiger partial charge in [-0.05, 0) is 18.6 Å². The maximum atomic E-state index is 6.07. The van der Waals surface area contributed by atoms with Crippen molar-refractivity contribution < 1.29 is 9.47 Å². The van der Waals surface area contributed by atoms with Gasteiger partial charge in [0.15, 0.2) is 5.96 Å². The molecule has 0 spiro atoms. The molecule has 0 amide bonds. The number of nitrogens with zero attached hydrogens (tertiary/aromatic N) is 6. The quantitative estimate of drug-likeness (QED) is 0.458. The number of guanidine groups is 1. The summed E-state index contributed by atoms with van der Waals surface area (Å²) < 4.78 is 13.7. The van der Waals surface area contributed by atoms with Crippen molar-refractivity contribution >= 4 is 22.9 Å². The highest BCUT2D eigenvalue weighted by atomic mass is 79.9. The molecule has 3 atom stereocenters. The van der Waals surface area contributed by atoms with E-state index in [9.17, 15) is 0 Å². The molecule has 3 fully saturated rings. The lowest BCUT2D eigenvalue weighted by Crippen LogP contribution is -2.61. The molecular formula is C21H33BrN8O2. The number of aromatic nitrogens is 4. The molecule has 32 heavy (non-hydrogen) atoms. The van der Waals surface area contributed by atoms with Crippen molar-refractivity contribution in [1.29, 1.82) is 0 Å². The summed E-state index contributed by atoms with van der Waals surface area (Å²) in [5, 5.41) is 15.0. The monoisotopic (exact) mass is 508 g/mol. The van der Waals surface area contributed by atoms with E-state index in [-0.39, 0.29) is 23.1 Å². The summed E-state index contributed by atoms with van der Waals surface area (Å²) in [5.74, 6) is 1.34. The lowest BCUT2D eigenvalue weighted by Gasteiger charge is -2.44. The fourth-order valence-electron chi connectivity index (χ4n) is 4.79. The largest absolute Gasteiger partial charge is 0.378 e. The fourth-order valence-corrected chi connectivity index (χ4v) is 4.79. The van der Waals surface area contributed by atoms with Gasteiger partial charge in [0.05, 0.1) is 37.2 Å². The summed E-state index contributed by atoms with van der Waals surface area (Å²) in [7, 11) is 1.98. The van der Waals surface area contributed by atoms with Crippen LogP contribution in [0.15, 0.2) is 29.5 Å². The van der Waals surface area contributed by atoms with E-state index in [1.807, 2.05) is 24.0 Å². The van der Waals surface area contributed by atoms with Crippen LogP contribution in [0.25, 0.3) is 0 Å². The number of hydrogen-bond acceptors (Lipinski definition) is 6.